The van der Waals surface area contributed by atoms with Crippen LogP contribution in [0, 0.1) is 0 Å². The van der Waals surface area contributed by atoms with Crippen molar-refractivity contribution in [1.82, 2.24) is 4.90 Å². The molecule has 1 aliphatic rings. The van der Waals surface area contributed by atoms with Gasteiger partial charge in [0.1, 0.15) is 5.60 Å². The van der Waals surface area contributed by atoms with E-state index in [2.05, 4.69) is 9.47 Å². The molecule has 1 aromatic carbocycles. The van der Waals surface area contributed by atoms with E-state index in [1.807, 2.05) is 0 Å². The molecule has 1 aromatic rings. The number of halogens is 2. The Morgan fingerprint density at radius 3 is 2.58 bits per heavy atom. The number of carbonyl (C=O) groups excluding carboxylic acids is 1. The zero-order valence-corrected chi connectivity index (χ0v) is 15.1. The smallest absolute Gasteiger partial charge is 0.504 e. The molecule has 0 unspecified atom stereocenters. The van der Waals surface area contributed by atoms with Gasteiger partial charge in [-0.3, -0.25) is 0 Å². The minimum absolute atomic E-state index is 0.0462. The van der Waals surface area contributed by atoms with E-state index in [1.165, 1.54) is 17.0 Å². The second kappa shape index (κ2) is 7.14. The molecule has 0 aromatic heterocycles. The molecule has 2 rings (SSSR count). The zero-order valence-electron chi connectivity index (χ0n) is 15.1. The zero-order chi connectivity index (χ0) is 19.7. The third-order valence-corrected chi connectivity index (χ3v) is 3.54. The second-order valence-corrected chi connectivity index (χ2v) is 6.99. The average molecular weight is 375 g/mol. The van der Waals surface area contributed by atoms with E-state index in [-0.39, 0.29) is 24.4 Å². The van der Waals surface area contributed by atoms with Crippen molar-refractivity contribution < 1.29 is 38.0 Å². The molecule has 0 saturated heterocycles. The number of hydrogen-bond donors (Lipinski definition) is 2. The molecule has 1 atom stereocenters. The van der Waals surface area contributed by atoms with Crippen molar-refractivity contribution >= 4 is 6.09 Å². The first-order valence-electron chi connectivity index (χ1n) is 8.18. The van der Waals surface area contributed by atoms with Gasteiger partial charge in [-0.25, -0.2) is 4.79 Å². The van der Waals surface area contributed by atoms with Gasteiger partial charge >= 0.3 is 12.4 Å². The van der Waals surface area contributed by atoms with Gasteiger partial charge in [0.15, 0.2) is 11.5 Å². The summed E-state index contributed by atoms with van der Waals surface area (Å²) in [5.41, 5.74) is -0.606. The van der Waals surface area contributed by atoms with Crippen molar-refractivity contribution in [2.75, 3.05) is 6.54 Å². The van der Waals surface area contributed by atoms with E-state index in [4.69, 9.17) is 4.74 Å². The number of aliphatic hydroxyl groups is 1. The predicted octanol–water partition coefficient (Wildman–Crippen LogP) is 3.22. The summed E-state index contributed by atoms with van der Waals surface area (Å²) in [4.78, 5) is 13.6. The number of aliphatic hydroxyl groups excluding tert-OH is 1. The molecule has 7 nitrogen and oxygen atoms in total. The van der Waals surface area contributed by atoms with E-state index in [0.29, 0.717) is 6.42 Å². The van der Waals surface area contributed by atoms with Crippen molar-refractivity contribution in [1.29, 1.82) is 0 Å². The van der Waals surface area contributed by atoms with Crippen LogP contribution in [0.1, 0.15) is 39.7 Å². The van der Waals surface area contributed by atoms with E-state index in [0.717, 1.165) is 0 Å². The normalized spacial score (nSPS) is 16.3. The number of aromatic hydroxyl groups is 1. The predicted molar refractivity (Wildman–Crippen MR) is 87.3 cm³/mol. The highest BCUT2D eigenvalue weighted by atomic mass is 19.3. The van der Waals surface area contributed by atoms with Gasteiger partial charge in [-0.05, 0) is 39.3 Å². The maximum absolute atomic E-state index is 13.2. The van der Waals surface area contributed by atoms with E-state index < -0.39 is 35.6 Å². The fourth-order valence-electron chi connectivity index (χ4n) is 2.29. The third-order valence-electron chi connectivity index (χ3n) is 3.54. The maximum atomic E-state index is 13.2. The van der Waals surface area contributed by atoms with Crippen LogP contribution >= 0.6 is 0 Å². The summed E-state index contributed by atoms with van der Waals surface area (Å²) in [7, 11) is 0. The Balaban J connectivity index is 2.24. The Hall–Kier alpha value is -2.29. The van der Waals surface area contributed by atoms with Crippen LogP contribution in [0.5, 0.6) is 17.2 Å². The summed E-state index contributed by atoms with van der Waals surface area (Å²) >= 11 is 0. The number of benzene rings is 1. The largest absolute Gasteiger partial charge is 0.586 e. The van der Waals surface area contributed by atoms with Crippen LogP contribution in [0.2, 0.25) is 0 Å². The lowest BCUT2D eigenvalue weighted by atomic mass is 10.1. The summed E-state index contributed by atoms with van der Waals surface area (Å²) in [6.07, 6.45) is -4.96. The molecular weight excluding hydrogens is 352 g/mol. The SMILES string of the molecule is CC[C@H](O)CN(Cc1ccc2c(c1O)OC(F)(F)O2)C(=O)OC(C)(C)C. The molecule has 1 heterocycles. The highest BCUT2D eigenvalue weighted by molar-refractivity contribution is 5.68. The molecule has 26 heavy (non-hydrogen) atoms. The molecule has 0 fully saturated rings. The maximum Gasteiger partial charge on any atom is 0.586 e. The van der Waals surface area contributed by atoms with Gasteiger partial charge in [-0.15, -0.1) is 8.78 Å². The summed E-state index contributed by atoms with van der Waals surface area (Å²) < 4.78 is 40.2. The van der Waals surface area contributed by atoms with Gasteiger partial charge in [-0.1, -0.05) is 6.92 Å². The Kier molecular flexibility index (Phi) is 5.50. The number of carbonyl (C=O) groups is 1. The number of nitrogens with zero attached hydrogens (tertiary/aromatic N) is 1. The quantitative estimate of drug-likeness (QED) is 0.822. The van der Waals surface area contributed by atoms with Crippen molar-refractivity contribution in [2.45, 2.75) is 58.7 Å². The lowest BCUT2D eigenvalue weighted by molar-refractivity contribution is -0.287. The third kappa shape index (κ3) is 4.87. The first kappa shape index (κ1) is 20.0. The number of amides is 1. The highest BCUT2D eigenvalue weighted by Crippen LogP contribution is 2.48. The molecule has 9 heteroatoms. The Bertz CT molecular complexity index is 674. The van der Waals surface area contributed by atoms with Crippen molar-refractivity contribution in [2.24, 2.45) is 0 Å². The summed E-state index contributed by atoms with van der Waals surface area (Å²) in [5.74, 6) is -1.35. The number of hydrogen-bond acceptors (Lipinski definition) is 6. The number of ether oxygens (including phenoxy) is 3. The number of fused-ring (bicyclic) bond motifs is 1. The molecule has 0 spiro atoms. The number of phenols is 1. The minimum atomic E-state index is -3.86. The number of rotatable bonds is 5. The molecular formula is C17H23F2NO6. The van der Waals surface area contributed by atoms with Gasteiger partial charge in [-0.2, -0.15) is 0 Å². The molecule has 1 amide bonds. The highest BCUT2D eigenvalue weighted by Gasteiger charge is 2.45. The van der Waals surface area contributed by atoms with Gasteiger partial charge in [0.05, 0.1) is 19.2 Å². The van der Waals surface area contributed by atoms with Gasteiger partial charge in [0.25, 0.3) is 0 Å². The van der Waals surface area contributed by atoms with E-state index >= 15 is 0 Å². The molecule has 1 aliphatic heterocycles. The molecule has 2 N–H and O–H groups in total. The van der Waals surface area contributed by atoms with Gasteiger partial charge in [0, 0.05) is 5.56 Å². The summed E-state index contributed by atoms with van der Waals surface area (Å²) in [6.45, 7) is 6.62. The molecule has 0 radical (unpaired) electrons. The first-order chi connectivity index (χ1) is 11.9. The fraction of sp³-hybridized carbons (Fsp3) is 0.588. The lowest BCUT2D eigenvalue weighted by Gasteiger charge is -2.29. The minimum Gasteiger partial charge on any atom is -0.504 e. The van der Waals surface area contributed by atoms with Crippen molar-refractivity contribution in [3.63, 3.8) is 0 Å². The summed E-state index contributed by atoms with van der Waals surface area (Å²) in [6, 6.07) is 2.56. The van der Waals surface area contributed by atoms with Crippen LogP contribution in [0.3, 0.4) is 0 Å². The Morgan fingerprint density at radius 2 is 2.00 bits per heavy atom. The number of alkyl halides is 2. The van der Waals surface area contributed by atoms with Crippen LogP contribution < -0.4 is 9.47 Å². The fourth-order valence-corrected chi connectivity index (χ4v) is 2.29. The molecule has 0 saturated carbocycles. The monoisotopic (exact) mass is 375 g/mol. The molecule has 0 bridgehead atoms. The van der Waals surface area contributed by atoms with Crippen LogP contribution in [0.4, 0.5) is 13.6 Å². The van der Waals surface area contributed by atoms with Crippen molar-refractivity contribution in [3.05, 3.63) is 17.7 Å². The van der Waals surface area contributed by atoms with Crippen LogP contribution in [0.25, 0.3) is 0 Å². The van der Waals surface area contributed by atoms with Gasteiger partial charge < -0.3 is 29.3 Å². The molecule has 0 aliphatic carbocycles. The second-order valence-electron chi connectivity index (χ2n) is 6.99. The molecule has 146 valence electrons. The van der Waals surface area contributed by atoms with Crippen LogP contribution in [-0.4, -0.2) is 45.8 Å². The van der Waals surface area contributed by atoms with Crippen LogP contribution in [-0.2, 0) is 11.3 Å². The average Bonchev–Trinajstić information content (AvgIpc) is 2.82. The van der Waals surface area contributed by atoms with Crippen LogP contribution in [0.15, 0.2) is 12.1 Å². The number of phenolic OH excluding ortho intramolecular Hbond substituents is 1. The topological polar surface area (TPSA) is 88.5 Å². The Labute approximate surface area is 150 Å². The first-order valence-corrected chi connectivity index (χ1v) is 8.18. The Morgan fingerprint density at radius 1 is 1.35 bits per heavy atom. The van der Waals surface area contributed by atoms with Crippen molar-refractivity contribution in [3.8, 4) is 17.2 Å². The summed E-state index contributed by atoms with van der Waals surface area (Å²) in [5, 5.41) is 20.1. The van der Waals surface area contributed by atoms with Gasteiger partial charge in [0.2, 0.25) is 5.75 Å². The lowest BCUT2D eigenvalue weighted by Crippen LogP contribution is -2.40. The van der Waals surface area contributed by atoms with E-state index in [9.17, 15) is 23.8 Å². The van der Waals surface area contributed by atoms with E-state index in [1.54, 1.807) is 27.7 Å². The standard InChI is InChI=1S/C17H23F2NO6/c1-5-11(21)9-20(15(23)26-16(2,3)4)8-10-6-7-12-14(13(10)22)25-17(18,19)24-12/h6-7,11,21-22H,5,8-9H2,1-4H3/t11-/m0/s1.